The highest BCUT2D eigenvalue weighted by Gasteiger charge is 2.14. The molecule has 3 aromatic rings. The Morgan fingerprint density at radius 2 is 2.10 bits per heavy atom. The van der Waals surface area contributed by atoms with Crippen LogP contribution < -0.4 is 0 Å². The second-order valence-corrected chi connectivity index (χ2v) is 4.61. The number of carbonyl (C=O) groups is 1. The van der Waals surface area contributed by atoms with Crippen LogP contribution in [0.2, 0.25) is 0 Å². The van der Waals surface area contributed by atoms with Gasteiger partial charge >= 0.3 is 5.97 Å². The number of pyridine rings is 1. The van der Waals surface area contributed by atoms with E-state index in [-0.39, 0.29) is 5.82 Å². The van der Waals surface area contributed by atoms with Crippen molar-refractivity contribution in [2.75, 3.05) is 7.11 Å². The zero-order chi connectivity index (χ0) is 14.8. The number of hydrogen-bond donors (Lipinski definition) is 0. The molecule has 0 fully saturated rings. The Morgan fingerprint density at radius 1 is 1.29 bits per heavy atom. The van der Waals surface area contributed by atoms with Crippen LogP contribution in [0.5, 0.6) is 0 Å². The van der Waals surface area contributed by atoms with Crippen molar-refractivity contribution in [3.63, 3.8) is 0 Å². The molecule has 2 aromatic heterocycles. The van der Waals surface area contributed by atoms with E-state index < -0.39 is 5.97 Å². The standard InChI is InChI=1S/C16H13FN2O2/c1-21-16(20)12-6-4-8-19-14(12)10-18-15(19)9-11-5-2-3-7-13(11)17/h2-8,10H,9H2,1H3. The van der Waals surface area contributed by atoms with E-state index in [0.29, 0.717) is 28.9 Å². The monoisotopic (exact) mass is 284 g/mol. The second-order valence-electron chi connectivity index (χ2n) is 4.61. The maximum absolute atomic E-state index is 13.7. The van der Waals surface area contributed by atoms with Crippen molar-refractivity contribution in [2.24, 2.45) is 0 Å². The van der Waals surface area contributed by atoms with E-state index in [9.17, 15) is 9.18 Å². The summed E-state index contributed by atoms with van der Waals surface area (Å²) in [5.74, 6) is -0.0165. The summed E-state index contributed by atoms with van der Waals surface area (Å²) in [6.45, 7) is 0. The lowest BCUT2D eigenvalue weighted by Gasteiger charge is -2.05. The van der Waals surface area contributed by atoms with Gasteiger partial charge in [-0.25, -0.2) is 14.2 Å². The number of carbonyl (C=O) groups excluding carboxylic acids is 1. The lowest BCUT2D eigenvalue weighted by molar-refractivity contribution is 0.0602. The molecule has 0 radical (unpaired) electrons. The number of esters is 1. The average molecular weight is 284 g/mol. The molecular formula is C16H13FN2O2. The lowest BCUT2D eigenvalue weighted by atomic mass is 10.1. The van der Waals surface area contributed by atoms with Gasteiger partial charge in [0.1, 0.15) is 11.6 Å². The maximum atomic E-state index is 13.7. The normalized spacial score (nSPS) is 10.8. The molecule has 0 unspecified atom stereocenters. The predicted octanol–water partition coefficient (Wildman–Crippen LogP) is 2.85. The van der Waals surface area contributed by atoms with E-state index >= 15 is 0 Å². The number of hydrogen-bond acceptors (Lipinski definition) is 3. The van der Waals surface area contributed by atoms with Crippen molar-refractivity contribution in [3.8, 4) is 0 Å². The number of rotatable bonds is 3. The number of ether oxygens (including phenoxy) is 1. The Labute approximate surface area is 120 Å². The summed E-state index contributed by atoms with van der Waals surface area (Å²) < 4.78 is 20.3. The van der Waals surface area contributed by atoms with E-state index in [4.69, 9.17) is 4.74 Å². The third kappa shape index (κ3) is 2.38. The first-order valence-corrected chi connectivity index (χ1v) is 6.47. The number of benzene rings is 1. The highest BCUT2D eigenvalue weighted by atomic mass is 19.1. The van der Waals surface area contributed by atoms with Gasteiger partial charge in [0.25, 0.3) is 0 Å². The van der Waals surface area contributed by atoms with E-state index in [1.165, 1.54) is 13.2 Å². The molecule has 0 amide bonds. The van der Waals surface area contributed by atoms with Gasteiger partial charge < -0.3 is 9.14 Å². The zero-order valence-electron chi connectivity index (χ0n) is 11.4. The Morgan fingerprint density at radius 3 is 2.86 bits per heavy atom. The van der Waals surface area contributed by atoms with Crippen LogP contribution >= 0.6 is 0 Å². The van der Waals surface area contributed by atoms with Crippen molar-refractivity contribution in [1.82, 2.24) is 9.38 Å². The average Bonchev–Trinajstić information content (AvgIpc) is 2.92. The topological polar surface area (TPSA) is 43.6 Å². The molecule has 21 heavy (non-hydrogen) atoms. The molecule has 2 heterocycles. The minimum Gasteiger partial charge on any atom is -0.465 e. The van der Waals surface area contributed by atoms with Crippen molar-refractivity contribution in [3.05, 3.63) is 71.6 Å². The van der Waals surface area contributed by atoms with Crippen LogP contribution in [0, 0.1) is 5.82 Å². The van der Waals surface area contributed by atoms with Crippen molar-refractivity contribution in [1.29, 1.82) is 0 Å². The van der Waals surface area contributed by atoms with Crippen LogP contribution in [0.4, 0.5) is 4.39 Å². The minimum atomic E-state index is -0.419. The summed E-state index contributed by atoms with van der Waals surface area (Å²) in [7, 11) is 1.34. The van der Waals surface area contributed by atoms with Gasteiger partial charge in [-0.2, -0.15) is 0 Å². The molecule has 0 N–H and O–H groups in total. The summed E-state index contributed by atoms with van der Waals surface area (Å²) in [5.41, 5.74) is 1.65. The van der Waals surface area contributed by atoms with Gasteiger partial charge in [-0.15, -0.1) is 0 Å². The summed E-state index contributed by atoms with van der Waals surface area (Å²) >= 11 is 0. The number of halogens is 1. The Balaban J connectivity index is 2.05. The molecule has 106 valence electrons. The molecule has 0 bridgehead atoms. The molecule has 1 aromatic carbocycles. The highest BCUT2D eigenvalue weighted by Crippen LogP contribution is 2.17. The molecule has 0 saturated carbocycles. The molecule has 0 aliphatic rings. The fraction of sp³-hybridized carbons (Fsp3) is 0.125. The highest BCUT2D eigenvalue weighted by molar-refractivity contribution is 5.96. The first-order chi connectivity index (χ1) is 10.2. The van der Waals surface area contributed by atoms with Crippen molar-refractivity contribution in [2.45, 2.75) is 6.42 Å². The quantitative estimate of drug-likeness (QED) is 0.695. The SMILES string of the molecule is COC(=O)c1cccn2c(Cc3ccccc3F)ncc12. The van der Waals surface area contributed by atoms with E-state index in [0.717, 1.165) is 0 Å². The van der Waals surface area contributed by atoms with Crippen molar-refractivity contribution >= 4 is 11.5 Å². The van der Waals surface area contributed by atoms with Crippen molar-refractivity contribution < 1.29 is 13.9 Å². The molecule has 0 spiro atoms. The Kier molecular flexibility index (Phi) is 3.39. The van der Waals surface area contributed by atoms with Gasteiger partial charge in [0.2, 0.25) is 0 Å². The van der Waals surface area contributed by atoms with Gasteiger partial charge in [0.15, 0.2) is 0 Å². The van der Waals surface area contributed by atoms with E-state index in [1.54, 1.807) is 47.1 Å². The fourth-order valence-electron chi connectivity index (χ4n) is 2.30. The van der Waals surface area contributed by atoms with Gasteiger partial charge in [-0.1, -0.05) is 18.2 Å². The number of nitrogens with zero attached hydrogens (tertiary/aromatic N) is 2. The van der Waals surface area contributed by atoms with Crippen LogP contribution in [0.3, 0.4) is 0 Å². The smallest absolute Gasteiger partial charge is 0.340 e. The van der Waals surface area contributed by atoms with Crippen LogP contribution in [0.1, 0.15) is 21.7 Å². The van der Waals surface area contributed by atoms with Gasteiger partial charge in [0, 0.05) is 12.6 Å². The van der Waals surface area contributed by atoms with Gasteiger partial charge in [-0.05, 0) is 23.8 Å². The number of methoxy groups -OCH3 is 1. The van der Waals surface area contributed by atoms with Crippen LogP contribution in [-0.2, 0) is 11.2 Å². The number of fused-ring (bicyclic) bond motifs is 1. The molecule has 0 saturated heterocycles. The largest absolute Gasteiger partial charge is 0.465 e. The summed E-state index contributed by atoms with van der Waals surface area (Å²) in [6.07, 6.45) is 3.75. The Bertz CT molecular complexity index is 811. The summed E-state index contributed by atoms with van der Waals surface area (Å²) in [6, 6.07) is 10.00. The Hall–Kier alpha value is -2.69. The molecule has 0 aliphatic heterocycles. The van der Waals surface area contributed by atoms with Gasteiger partial charge in [-0.3, -0.25) is 0 Å². The summed E-state index contributed by atoms with van der Waals surface area (Å²) in [5, 5.41) is 0. The number of aromatic nitrogens is 2. The predicted molar refractivity (Wildman–Crippen MR) is 75.7 cm³/mol. The minimum absolute atomic E-state index is 0.265. The lowest BCUT2D eigenvalue weighted by Crippen LogP contribution is -2.04. The van der Waals surface area contributed by atoms with Crippen LogP contribution in [0.25, 0.3) is 5.52 Å². The molecule has 4 nitrogen and oxygen atoms in total. The van der Waals surface area contributed by atoms with Gasteiger partial charge in [0.05, 0.1) is 24.4 Å². The fourth-order valence-corrected chi connectivity index (χ4v) is 2.30. The van der Waals surface area contributed by atoms with Crippen LogP contribution in [0.15, 0.2) is 48.8 Å². The van der Waals surface area contributed by atoms with E-state index in [1.807, 2.05) is 0 Å². The second kappa shape index (κ2) is 5.36. The third-order valence-corrected chi connectivity index (χ3v) is 3.36. The first-order valence-electron chi connectivity index (χ1n) is 6.47. The molecule has 0 aliphatic carbocycles. The molecular weight excluding hydrogens is 271 g/mol. The zero-order valence-corrected chi connectivity index (χ0v) is 11.4. The van der Waals surface area contributed by atoms with E-state index in [2.05, 4.69) is 4.98 Å². The third-order valence-electron chi connectivity index (χ3n) is 3.36. The summed E-state index contributed by atoms with van der Waals surface area (Å²) in [4.78, 5) is 16.0. The molecule has 0 atom stereocenters. The van der Waals surface area contributed by atoms with Crippen LogP contribution in [-0.4, -0.2) is 22.5 Å². The number of imidazole rings is 1. The molecule has 5 heteroatoms. The maximum Gasteiger partial charge on any atom is 0.340 e. The molecule has 3 rings (SSSR count). The first kappa shape index (κ1) is 13.3.